The molecule has 0 amide bonds. The fourth-order valence-corrected chi connectivity index (χ4v) is 6.62. The molecular weight excluding hydrogens is 672 g/mol. The molecule has 0 fully saturated rings. The van der Waals surface area contributed by atoms with Gasteiger partial charge in [0.15, 0.2) is 0 Å². The molecule has 53 heavy (non-hydrogen) atoms. The van der Waals surface area contributed by atoms with Crippen molar-refractivity contribution < 1.29 is 22.3 Å². The third kappa shape index (κ3) is 8.33. The van der Waals surface area contributed by atoms with Gasteiger partial charge in [0.05, 0.1) is 17.6 Å². The number of ether oxygens (including phenoxy) is 1. The predicted molar refractivity (Wildman–Crippen MR) is 201 cm³/mol. The Morgan fingerprint density at radius 3 is 1.79 bits per heavy atom. The van der Waals surface area contributed by atoms with E-state index in [4.69, 9.17) is 14.1 Å². The van der Waals surface area contributed by atoms with E-state index in [9.17, 15) is 13.2 Å². The predicted octanol–water partition coefficient (Wildman–Crippen LogP) is 11.0. The van der Waals surface area contributed by atoms with Gasteiger partial charge in [-0.15, -0.1) is 0 Å². The van der Waals surface area contributed by atoms with Gasteiger partial charge in [-0.3, -0.25) is 0 Å². The molecule has 0 radical (unpaired) electrons. The number of alkyl halides is 3. The molecule has 0 aliphatic rings. The lowest BCUT2D eigenvalue weighted by Gasteiger charge is -2.37. The first-order chi connectivity index (χ1) is 25.9. The fraction of sp³-hybridized carbons (Fsp3) is 0.156. The highest BCUT2D eigenvalue weighted by atomic mass is 19.4. The Bertz CT molecular complexity index is 2110. The summed E-state index contributed by atoms with van der Waals surface area (Å²) in [6.45, 7) is 0.226. The van der Waals surface area contributed by atoms with E-state index < -0.39 is 17.3 Å². The number of rotatable bonds is 14. The van der Waals surface area contributed by atoms with Crippen LogP contribution in [-0.4, -0.2) is 14.5 Å². The highest BCUT2D eigenvalue weighted by Gasteiger charge is 2.38. The van der Waals surface area contributed by atoms with Crippen molar-refractivity contribution in [2.45, 2.75) is 44.0 Å². The molecule has 0 bridgehead atoms. The Morgan fingerprint density at radius 1 is 0.623 bits per heavy atom. The summed E-state index contributed by atoms with van der Waals surface area (Å²) in [7, 11) is 0. The molecule has 2 aromatic heterocycles. The Morgan fingerprint density at radius 2 is 1.21 bits per heavy atom. The Hall–Kier alpha value is -6.15. The van der Waals surface area contributed by atoms with Crippen molar-refractivity contribution in [2.24, 2.45) is 0 Å². The minimum atomic E-state index is -4.36. The monoisotopic (exact) mass is 709 g/mol. The molecule has 7 aromatic rings. The number of hydrogen-bond donors (Lipinski definition) is 0. The Kier molecular flexibility index (Phi) is 10.7. The number of aromatic nitrogens is 3. The molecular formula is C45H38F3N3O2. The zero-order valence-corrected chi connectivity index (χ0v) is 29.0. The normalized spacial score (nSPS) is 12.0. The summed E-state index contributed by atoms with van der Waals surface area (Å²) < 4.78 is 52.0. The van der Waals surface area contributed by atoms with Crippen LogP contribution in [0.3, 0.4) is 0 Å². The summed E-state index contributed by atoms with van der Waals surface area (Å²) in [6.07, 6.45) is 8.43. The van der Waals surface area contributed by atoms with E-state index in [1.54, 1.807) is 12.2 Å². The number of halogens is 3. The summed E-state index contributed by atoms with van der Waals surface area (Å²) in [6, 6.07) is 44.9. The number of nitrogens with zero attached hydrogens (tertiary/aromatic N) is 3. The lowest BCUT2D eigenvalue weighted by molar-refractivity contribution is -0.137. The zero-order valence-electron chi connectivity index (χ0n) is 29.0. The van der Waals surface area contributed by atoms with E-state index in [0.29, 0.717) is 17.1 Å². The van der Waals surface area contributed by atoms with Gasteiger partial charge in [-0.1, -0.05) is 115 Å². The smallest absolute Gasteiger partial charge is 0.416 e. The van der Waals surface area contributed by atoms with Crippen LogP contribution in [0.1, 0.15) is 63.5 Å². The first-order valence-electron chi connectivity index (χ1n) is 17.6. The quantitative estimate of drug-likeness (QED) is 0.0833. The maximum absolute atomic E-state index is 12.8. The summed E-state index contributed by atoms with van der Waals surface area (Å²) in [5.41, 5.74) is 5.78. The molecule has 266 valence electrons. The van der Waals surface area contributed by atoms with Gasteiger partial charge in [0.2, 0.25) is 5.89 Å². The van der Waals surface area contributed by atoms with Crippen LogP contribution < -0.4 is 4.74 Å². The molecule has 0 aliphatic carbocycles. The van der Waals surface area contributed by atoms with E-state index in [-0.39, 0.29) is 6.61 Å². The van der Waals surface area contributed by atoms with Gasteiger partial charge >= 0.3 is 6.18 Å². The van der Waals surface area contributed by atoms with Gasteiger partial charge in [-0.25, -0.2) is 9.97 Å². The fourth-order valence-electron chi connectivity index (χ4n) is 6.62. The average Bonchev–Trinajstić information content (AvgIpc) is 3.87. The SMILES string of the molecule is FC(F)(F)c1ccc(/C=C/c2nc(COc3ccc(CCCCc4cn(C(c5ccccc5)(c5ccccc5)c5ccccc5)cn4)cc3)co2)cc1. The van der Waals surface area contributed by atoms with Gasteiger partial charge in [0.1, 0.15) is 29.9 Å². The van der Waals surface area contributed by atoms with Crippen molar-refractivity contribution in [1.82, 2.24) is 14.5 Å². The number of hydrogen-bond acceptors (Lipinski definition) is 4. The first kappa shape index (κ1) is 35.3. The molecule has 0 unspecified atom stereocenters. The van der Waals surface area contributed by atoms with Gasteiger partial charge in [-0.2, -0.15) is 13.2 Å². The highest BCUT2D eigenvalue weighted by Crippen LogP contribution is 2.41. The molecule has 0 aliphatic heterocycles. The second-order valence-corrected chi connectivity index (χ2v) is 12.9. The van der Waals surface area contributed by atoms with Crippen molar-refractivity contribution >= 4 is 12.2 Å². The Balaban J connectivity index is 0.927. The topological polar surface area (TPSA) is 53.1 Å². The third-order valence-corrected chi connectivity index (χ3v) is 9.28. The minimum Gasteiger partial charge on any atom is -0.487 e. The van der Waals surface area contributed by atoms with Gasteiger partial charge < -0.3 is 13.7 Å². The van der Waals surface area contributed by atoms with Crippen LogP contribution in [0.4, 0.5) is 13.2 Å². The molecule has 0 saturated heterocycles. The van der Waals surface area contributed by atoms with E-state index in [2.05, 4.69) is 119 Å². The van der Waals surface area contributed by atoms with Crippen molar-refractivity contribution in [3.8, 4) is 5.75 Å². The molecule has 0 atom stereocenters. The van der Waals surface area contributed by atoms with Crippen molar-refractivity contribution in [1.29, 1.82) is 0 Å². The maximum Gasteiger partial charge on any atom is 0.416 e. The lowest BCUT2D eigenvalue weighted by Crippen LogP contribution is -2.36. The number of imidazole rings is 1. The average molecular weight is 710 g/mol. The summed E-state index contributed by atoms with van der Waals surface area (Å²) in [5.74, 6) is 1.07. The number of unbranched alkanes of at least 4 members (excludes halogenated alkanes) is 1. The molecule has 2 heterocycles. The summed E-state index contributed by atoms with van der Waals surface area (Å²) in [5, 5.41) is 0. The van der Waals surface area contributed by atoms with E-state index in [1.165, 1.54) is 40.6 Å². The second-order valence-electron chi connectivity index (χ2n) is 12.9. The van der Waals surface area contributed by atoms with Crippen LogP contribution >= 0.6 is 0 Å². The number of aryl methyl sites for hydroxylation is 2. The van der Waals surface area contributed by atoms with Crippen LogP contribution in [0.5, 0.6) is 5.75 Å². The van der Waals surface area contributed by atoms with Gasteiger partial charge in [-0.05, 0) is 83.8 Å². The molecule has 8 heteroatoms. The minimum absolute atomic E-state index is 0.226. The van der Waals surface area contributed by atoms with Crippen LogP contribution in [0.25, 0.3) is 12.2 Å². The van der Waals surface area contributed by atoms with Gasteiger partial charge in [0, 0.05) is 12.3 Å². The first-order valence-corrected chi connectivity index (χ1v) is 17.6. The Labute approximate surface area is 307 Å². The highest BCUT2D eigenvalue weighted by molar-refractivity contribution is 5.66. The van der Waals surface area contributed by atoms with E-state index in [0.717, 1.165) is 49.3 Å². The van der Waals surface area contributed by atoms with Crippen molar-refractivity contribution in [2.75, 3.05) is 0 Å². The molecule has 7 rings (SSSR count). The standard InChI is InChI=1S/C45H38F3N3O2/c46-45(47,48)39-25-20-35(21-26-39)24-29-43-50-41(32-53-43)31-52-42-27-22-34(23-28-42)12-10-11-19-40-30-51(33-49-40)44(36-13-4-1-5-14-36,37-15-6-2-7-16-37)38-17-8-3-9-18-38/h1-9,13-18,20-30,32-33H,10-12,19,31H2/b29-24+. The molecule has 5 aromatic carbocycles. The van der Waals surface area contributed by atoms with Crippen LogP contribution in [-0.2, 0) is 31.2 Å². The summed E-state index contributed by atoms with van der Waals surface area (Å²) in [4.78, 5) is 9.28. The van der Waals surface area contributed by atoms with E-state index >= 15 is 0 Å². The van der Waals surface area contributed by atoms with Crippen molar-refractivity contribution in [3.63, 3.8) is 0 Å². The van der Waals surface area contributed by atoms with Crippen LogP contribution in [0, 0.1) is 0 Å². The molecule has 0 N–H and O–H groups in total. The number of benzene rings is 5. The van der Waals surface area contributed by atoms with Gasteiger partial charge in [0.25, 0.3) is 0 Å². The molecule has 0 spiro atoms. The largest absolute Gasteiger partial charge is 0.487 e. The van der Waals surface area contributed by atoms with Crippen LogP contribution in [0.2, 0.25) is 0 Å². The van der Waals surface area contributed by atoms with E-state index in [1.807, 2.05) is 18.5 Å². The molecule has 0 saturated carbocycles. The lowest BCUT2D eigenvalue weighted by atomic mass is 9.77. The zero-order chi connectivity index (χ0) is 36.5. The van der Waals surface area contributed by atoms with Crippen molar-refractivity contribution in [3.05, 3.63) is 209 Å². The summed E-state index contributed by atoms with van der Waals surface area (Å²) >= 11 is 0. The third-order valence-electron chi connectivity index (χ3n) is 9.28. The second kappa shape index (κ2) is 16.0. The number of oxazole rings is 1. The molecule has 5 nitrogen and oxygen atoms in total. The van der Waals surface area contributed by atoms with Crippen LogP contribution in [0.15, 0.2) is 163 Å². The maximum atomic E-state index is 12.8.